The van der Waals surface area contributed by atoms with E-state index in [4.69, 9.17) is 0 Å². The first-order chi connectivity index (χ1) is 14.6. The zero-order chi connectivity index (χ0) is 20.9. The average molecular weight is 406 g/mol. The topological polar surface area (TPSA) is 56.0 Å². The van der Waals surface area contributed by atoms with Gasteiger partial charge in [0.05, 0.1) is 6.20 Å². The van der Waals surface area contributed by atoms with Gasteiger partial charge in [-0.3, -0.25) is 9.48 Å². The molecule has 0 unspecified atom stereocenters. The van der Waals surface area contributed by atoms with Crippen molar-refractivity contribution in [1.29, 1.82) is 0 Å². The molecule has 1 aliphatic rings. The van der Waals surface area contributed by atoms with E-state index in [0.29, 0.717) is 18.9 Å². The fraction of sp³-hybridized carbons (Fsp3) is 0.458. The van der Waals surface area contributed by atoms with E-state index in [9.17, 15) is 4.79 Å². The van der Waals surface area contributed by atoms with Crippen molar-refractivity contribution in [2.24, 2.45) is 5.92 Å². The third kappa shape index (κ3) is 4.81. The number of carbonyl (C=O) groups is 1. The lowest BCUT2D eigenvalue weighted by Gasteiger charge is -2.32. The third-order valence-corrected chi connectivity index (χ3v) is 6.13. The minimum atomic E-state index is 0.249. The van der Waals surface area contributed by atoms with E-state index in [2.05, 4.69) is 45.8 Å². The van der Waals surface area contributed by atoms with Crippen molar-refractivity contribution in [3.05, 3.63) is 60.2 Å². The minimum Gasteiger partial charge on any atom is -0.343 e. The number of likely N-dealkylation sites (tertiary alicyclic amines) is 1. The van der Waals surface area contributed by atoms with Crippen LogP contribution in [-0.2, 0) is 17.9 Å². The molecule has 0 spiro atoms. The second kappa shape index (κ2) is 9.28. The Morgan fingerprint density at radius 3 is 2.53 bits per heavy atom. The largest absolute Gasteiger partial charge is 0.343 e. The maximum Gasteiger partial charge on any atom is 0.224 e. The summed E-state index contributed by atoms with van der Waals surface area (Å²) < 4.78 is 4.19. The lowest BCUT2D eigenvalue weighted by atomic mass is 9.93. The SMILES string of the molecule is Cc1cnn(CCC(=O)N2CCC(CCn3c(C)cnc3-c3ccccc3)CC2)c1. The quantitative estimate of drug-likeness (QED) is 0.595. The van der Waals surface area contributed by atoms with Crippen LogP contribution in [0.4, 0.5) is 0 Å². The number of piperidine rings is 1. The summed E-state index contributed by atoms with van der Waals surface area (Å²) in [7, 11) is 0. The molecule has 6 nitrogen and oxygen atoms in total. The lowest BCUT2D eigenvalue weighted by molar-refractivity contribution is -0.132. The summed E-state index contributed by atoms with van der Waals surface area (Å²) in [6.07, 6.45) is 9.61. The molecule has 0 bridgehead atoms. The highest BCUT2D eigenvalue weighted by Crippen LogP contribution is 2.25. The van der Waals surface area contributed by atoms with Crippen LogP contribution in [0.1, 0.15) is 36.9 Å². The van der Waals surface area contributed by atoms with Crippen molar-refractivity contribution in [2.75, 3.05) is 13.1 Å². The van der Waals surface area contributed by atoms with Crippen LogP contribution in [0.2, 0.25) is 0 Å². The Morgan fingerprint density at radius 1 is 1.07 bits per heavy atom. The number of aryl methyl sites for hydroxylation is 3. The molecule has 0 aliphatic carbocycles. The zero-order valence-electron chi connectivity index (χ0n) is 18.0. The van der Waals surface area contributed by atoms with Gasteiger partial charge in [-0.15, -0.1) is 0 Å². The van der Waals surface area contributed by atoms with E-state index in [1.807, 2.05) is 41.2 Å². The highest BCUT2D eigenvalue weighted by Gasteiger charge is 2.23. The molecule has 6 heteroatoms. The first-order valence-corrected chi connectivity index (χ1v) is 10.9. The van der Waals surface area contributed by atoms with Gasteiger partial charge in [-0.25, -0.2) is 4.98 Å². The maximum absolute atomic E-state index is 12.5. The van der Waals surface area contributed by atoms with Crippen molar-refractivity contribution >= 4 is 5.91 Å². The van der Waals surface area contributed by atoms with Crippen molar-refractivity contribution in [3.8, 4) is 11.4 Å². The Hall–Kier alpha value is -2.89. The number of aromatic nitrogens is 4. The molecule has 2 aromatic heterocycles. The summed E-state index contributed by atoms with van der Waals surface area (Å²) in [5, 5.41) is 4.27. The summed E-state index contributed by atoms with van der Waals surface area (Å²) in [5.74, 6) is 1.96. The molecular weight excluding hydrogens is 374 g/mol. The van der Waals surface area contributed by atoms with Crippen molar-refractivity contribution in [2.45, 2.75) is 52.6 Å². The molecule has 0 saturated carbocycles. The fourth-order valence-electron chi connectivity index (χ4n) is 4.30. The van der Waals surface area contributed by atoms with Crippen molar-refractivity contribution < 1.29 is 4.79 Å². The second-order valence-corrected chi connectivity index (χ2v) is 8.38. The number of benzene rings is 1. The molecule has 3 aromatic rings. The van der Waals surface area contributed by atoms with Gasteiger partial charge in [-0.05, 0) is 44.6 Å². The number of nitrogens with zero attached hydrogens (tertiary/aromatic N) is 5. The molecule has 4 rings (SSSR count). The van der Waals surface area contributed by atoms with Gasteiger partial charge in [0, 0.05) is 56.3 Å². The van der Waals surface area contributed by atoms with Crippen LogP contribution in [0.3, 0.4) is 0 Å². The van der Waals surface area contributed by atoms with E-state index < -0.39 is 0 Å². The van der Waals surface area contributed by atoms with Crippen LogP contribution in [0.25, 0.3) is 11.4 Å². The highest BCUT2D eigenvalue weighted by molar-refractivity contribution is 5.76. The Bertz CT molecular complexity index is 967. The summed E-state index contributed by atoms with van der Waals surface area (Å²) in [5.41, 5.74) is 3.50. The van der Waals surface area contributed by atoms with Crippen molar-refractivity contribution in [1.82, 2.24) is 24.2 Å². The second-order valence-electron chi connectivity index (χ2n) is 8.38. The van der Waals surface area contributed by atoms with E-state index in [-0.39, 0.29) is 5.91 Å². The van der Waals surface area contributed by atoms with Crippen LogP contribution in [0, 0.1) is 19.8 Å². The van der Waals surface area contributed by atoms with E-state index in [0.717, 1.165) is 50.3 Å². The monoisotopic (exact) mass is 405 g/mol. The molecule has 1 fully saturated rings. The Kier molecular flexibility index (Phi) is 6.31. The summed E-state index contributed by atoms with van der Waals surface area (Å²) in [4.78, 5) is 19.2. The number of hydrogen-bond donors (Lipinski definition) is 0. The average Bonchev–Trinajstić information content (AvgIpc) is 3.36. The van der Waals surface area contributed by atoms with E-state index >= 15 is 0 Å². The maximum atomic E-state index is 12.5. The van der Waals surface area contributed by atoms with Crippen LogP contribution in [0.5, 0.6) is 0 Å². The standard InChI is InChI=1S/C24H31N5O/c1-19-16-26-28(18-19)14-11-23(30)27-12-8-21(9-13-27)10-15-29-20(2)17-25-24(29)22-6-4-3-5-7-22/h3-7,16-18,21H,8-15H2,1-2H3. The first kappa shape index (κ1) is 20.4. The zero-order valence-corrected chi connectivity index (χ0v) is 18.0. The van der Waals surface area contributed by atoms with Gasteiger partial charge in [0.2, 0.25) is 5.91 Å². The number of rotatable bonds is 7. The molecule has 1 amide bonds. The summed E-state index contributed by atoms with van der Waals surface area (Å²) in [6, 6.07) is 10.4. The third-order valence-electron chi connectivity index (χ3n) is 6.13. The summed E-state index contributed by atoms with van der Waals surface area (Å²) >= 11 is 0. The Balaban J connectivity index is 1.26. The number of imidazole rings is 1. The predicted octanol–water partition coefficient (Wildman–Crippen LogP) is 4.08. The van der Waals surface area contributed by atoms with Gasteiger partial charge in [0.1, 0.15) is 5.82 Å². The van der Waals surface area contributed by atoms with Gasteiger partial charge >= 0.3 is 0 Å². The molecule has 1 aliphatic heterocycles. The number of amides is 1. The number of hydrogen-bond acceptors (Lipinski definition) is 3. The van der Waals surface area contributed by atoms with Crippen LogP contribution in [-0.4, -0.2) is 43.2 Å². The molecule has 3 heterocycles. The molecule has 1 aromatic carbocycles. The number of carbonyl (C=O) groups excluding carboxylic acids is 1. The molecule has 0 N–H and O–H groups in total. The minimum absolute atomic E-state index is 0.249. The van der Waals surface area contributed by atoms with Gasteiger partial charge in [0.15, 0.2) is 0 Å². The van der Waals surface area contributed by atoms with E-state index in [1.54, 1.807) is 0 Å². The smallest absolute Gasteiger partial charge is 0.224 e. The molecule has 0 radical (unpaired) electrons. The summed E-state index contributed by atoms with van der Waals surface area (Å²) in [6.45, 7) is 7.53. The molecule has 30 heavy (non-hydrogen) atoms. The fourth-order valence-corrected chi connectivity index (χ4v) is 4.30. The van der Waals surface area contributed by atoms with Crippen LogP contribution >= 0.6 is 0 Å². The predicted molar refractivity (Wildman–Crippen MR) is 118 cm³/mol. The van der Waals surface area contributed by atoms with Gasteiger partial charge in [-0.2, -0.15) is 5.10 Å². The first-order valence-electron chi connectivity index (χ1n) is 10.9. The molecular formula is C24H31N5O. The Morgan fingerprint density at radius 2 is 1.83 bits per heavy atom. The molecule has 158 valence electrons. The van der Waals surface area contributed by atoms with Crippen LogP contribution < -0.4 is 0 Å². The molecule has 1 saturated heterocycles. The highest BCUT2D eigenvalue weighted by atomic mass is 16.2. The Labute approximate surface area is 178 Å². The van der Waals surface area contributed by atoms with Gasteiger partial charge in [0.25, 0.3) is 0 Å². The van der Waals surface area contributed by atoms with E-state index in [1.165, 1.54) is 11.3 Å². The van der Waals surface area contributed by atoms with Gasteiger partial charge in [-0.1, -0.05) is 30.3 Å². The van der Waals surface area contributed by atoms with Crippen LogP contribution in [0.15, 0.2) is 48.9 Å². The van der Waals surface area contributed by atoms with Gasteiger partial charge < -0.3 is 9.47 Å². The van der Waals surface area contributed by atoms with Crippen molar-refractivity contribution in [3.63, 3.8) is 0 Å². The lowest BCUT2D eigenvalue weighted by Crippen LogP contribution is -2.39. The normalized spacial score (nSPS) is 14.9. The molecule has 0 atom stereocenters.